The van der Waals surface area contributed by atoms with E-state index in [1.807, 2.05) is 19.9 Å². The van der Waals surface area contributed by atoms with Crippen LogP contribution in [0.15, 0.2) is 29.2 Å². The highest BCUT2D eigenvalue weighted by molar-refractivity contribution is 7.92. The van der Waals surface area contributed by atoms with Gasteiger partial charge in [0.15, 0.2) is 9.84 Å². The van der Waals surface area contributed by atoms with Crippen LogP contribution in [0.25, 0.3) is 0 Å². The molecule has 3 nitrogen and oxygen atoms in total. The van der Waals surface area contributed by atoms with Gasteiger partial charge < -0.3 is 5.73 Å². The maximum absolute atomic E-state index is 12.2. The summed E-state index contributed by atoms with van der Waals surface area (Å²) in [4.78, 5) is 0.410. The SMILES string of the molecule is CCC(CCN)S(=O)(=O)c1cccc(C)c1. The summed E-state index contributed by atoms with van der Waals surface area (Å²) in [5.41, 5.74) is 6.41. The number of benzene rings is 1. The van der Waals surface area contributed by atoms with Crippen molar-refractivity contribution in [3.8, 4) is 0 Å². The van der Waals surface area contributed by atoms with Crippen molar-refractivity contribution in [2.75, 3.05) is 6.54 Å². The lowest BCUT2D eigenvalue weighted by Crippen LogP contribution is -2.24. The Kier molecular flexibility index (Phi) is 4.50. The summed E-state index contributed by atoms with van der Waals surface area (Å²) in [6.45, 7) is 4.18. The van der Waals surface area contributed by atoms with Crippen LogP contribution in [0.4, 0.5) is 0 Å². The minimum Gasteiger partial charge on any atom is -0.330 e. The van der Waals surface area contributed by atoms with E-state index in [0.29, 0.717) is 24.3 Å². The van der Waals surface area contributed by atoms with Crippen LogP contribution in [0.5, 0.6) is 0 Å². The Hall–Kier alpha value is -0.870. The van der Waals surface area contributed by atoms with Crippen LogP contribution < -0.4 is 5.73 Å². The molecule has 0 aliphatic heterocycles. The fourth-order valence-corrected chi connectivity index (χ4v) is 3.64. The van der Waals surface area contributed by atoms with E-state index in [1.165, 1.54) is 0 Å². The van der Waals surface area contributed by atoms with Gasteiger partial charge in [0.1, 0.15) is 0 Å². The molecule has 16 heavy (non-hydrogen) atoms. The summed E-state index contributed by atoms with van der Waals surface area (Å²) >= 11 is 0. The zero-order chi connectivity index (χ0) is 12.2. The van der Waals surface area contributed by atoms with E-state index in [0.717, 1.165) is 5.56 Å². The van der Waals surface area contributed by atoms with Crippen molar-refractivity contribution >= 4 is 9.84 Å². The Morgan fingerprint density at radius 2 is 2.06 bits per heavy atom. The Morgan fingerprint density at radius 3 is 2.56 bits per heavy atom. The Balaban J connectivity index is 3.09. The van der Waals surface area contributed by atoms with Crippen molar-refractivity contribution in [1.82, 2.24) is 0 Å². The Morgan fingerprint density at radius 1 is 1.38 bits per heavy atom. The largest absolute Gasteiger partial charge is 0.330 e. The zero-order valence-electron chi connectivity index (χ0n) is 9.81. The van der Waals surface area contributed by atoms with Gasteiger partial charge in [-0.15, -0.1) is 0 Å². The van der Waals surface area contributed by atoms with E-state index in [9.17, 15) is 8.42 Å². The Labute approximate surface area is 97.6 Å². The molecular formula is C12H19NO2S. The third-order valence-electron chi connectivity index (χ3n) is 2.70. The van der Waals surface area contributed by atoms with Crippen molar-refractivity contribution in [2.24, 2.45) is 5.73 Å². The molecule has 0 heterocycles. The molecule has 0 aromatic heterocycles. The molecule has 0 bridgehead atoms. The van der Waals surface area contributed by atoms with Crippen LogP contribution in [-0.2, 0) is 9.84 Å². The summed E-state index contributed by atoms with van der Waals surface area (Å²) in [6.07, 6.45) is 1.13. The predicted molar refractivity (Wildman–Crippen MR) is 66.1 cm³/mol. The molecule has 1 aromatic carbocycles. The smallest absolute Gasteiger partial charge is 0.181 e. The first kappa shape index (κ1) is 13.2. The average molecular weight is 241 g/mol. The van der Waals surface area contributed by atoms with Gasteiger partial charge in [0.2, 0.25) is 0 Å². The Bertz CT molecular complexity index is 440. The quantitative estimate of drug-likeness (QED) is 0.856. The lowest BCUT2D eigenvalue weighted by Gasteiger charge is -2.15. The maximum atomic E-state index is 12.2. The van der Waals surface area contributed by atoms with Crippen LogP contribution in [0.1, 0.15) is 25.3 Å². The van der Waals surface area contributed by atoms with Gasteiger partial charge in [0, 0.05) is 0 Å². The van der Waals surface area contributed by atoms with Gasteiger partial charge in [-0.25, -0.2) is 8.42 Å². The zero-order valence-corrected chi connectivity index (χ0v) is 10.6. The summed E-state index contributed by atoms with van der Waals surface area (Å²) in [6, 6.07) is 7.04. The highest BCUT2D eigenvalue weighted by Crippen LogP contribution is 2.21. The second-order valence-electron chi connectivity index (χ2n) is 3.97. The van der Waals surface area contributed by atoms with Crippen LogP contribution in [0, 0.1) is 6.92 Å². The predicted octanol–water partition coefficient (Wildman–Crippen LogP) is 1.90. The molecule has 2 N–H and O–H groups in total. The number of hydrogen-bond donors (Lipinski definition) is 1. The number of rotatable bonds is 5. The summed E-state index contributed by atoms with van der Waals surface area (Å²) < 4.78 is 24.5. The van der Waals surface area contributed by atoms with Gasteiger partial charge in [-0.05, 0) is 44.0 Å². The van der Waals surface area contributed by atoms with Crippen LogP contribution in [-0.4, -0.2) is 20.2 Å². The molecule has 0 fully saturated rings. The fraction of sp³-hybridized carbons (Fsp3) is 0.500. The van der Waals surface area contributed by atoms with E-state index in [4.69, 9.17) is 5.73 Å². The molecule has 0 saturated heterocycles. The minimum atomic E-state index is -3.22. The summed E-state index contributed by atoms with van der Waals surface area (Å²) in [7, 11) is -3.22. The third-order valence-corrected chi connectivity index (χ3v) is 5.06. The molecule has 1 atom stereocenters. The van der Waals surface area contributed by atoms with Crippen LogP contribution in [0.2, 0.25) is 0 Å². The van der Waals surface area contributed by atoms with E-state index in [-0.39, 0.29) is 5.25 Å². The molecule has 1 unspecified atom stereocenters. The van der Waals surface area contributed by atoms with E-state index < -0.39 is 9.84 Å². The number of hydrogen-bond acceptors (Lipinski definition) is 3. The number of aryl methyl sites for hydroxylation is 1. The first-order valence-corrected chi connectivity index (χ1v) is 7.07. The highest BCUT2D eigenvalue weighted by Gasteiger charge is 2.24. The van der Waals surface area contributed by atoms with Crippen LogP contribution in [0.3, 0.4) is 0 Å². The molecule has 1 rings (SSSR count). The van der Waals surface area contributed by atoms with Crippen molar-refractivity contribution in [3.05, 3.63) is 29.8 Å². The summed E-state index contributed by atoms with van der Waals surface area (Å²) in [5.74, 6) is 0. The van der Waals surface area contributed by atoms with E-state index in [2.05, 4.69) is 0 Å². The first-order valence-electron chi connectivity index (χ1n) is 5.53. The molecule has 0 aliphatic rings. The first-order chi connectivity index (χ1) is 7.52. The average Bonchev–Trinajstić information content (AvgIpc) is 2.25. The van der Waals surface area contributed by atoms with Gasteiger partial charge in [-0.3, -0.25) is 0 Å². The molecule has 0 saturated carbocycles. The number of nitrogens with two attached hydrogens (primary N) is 1. The monoisotopic (exact) mass is 241 g/mol. The summed E-state index contributed by atoms with van der Waals surface area (Å²) in [5, 5.41) is -0.362. The van der Waals surface area contributed by atoms with E-state index >= 15 is 0 Å². The molecule has 0 spiro atoms. The molecule has 4 heteroatoms. The second-order valence-corrected chi connectivity index (χ2v) is 6.20. The van der Waals surface area contributed by atoms with Crippen molar-refractivity contribution < 1.29 is 8.42 Å². The normalized spacial score (nSPS) is 13.7. The molecule has 90 valence electrons. The van der Waals surface area contributed by atoms with Crippen molar-refractivity contribution in [2.45, 2.75) is 36.8 Å². The fourth-order valence-electron chi connectivity index (χ4n) is 1.75. The molecule has 0 radical (unpaired) electrons. The van der Waals surface area contributed by atoms with Gasteiger partial charge >= 0.3 is 0 Å². The van der Waals surface area contributed by atoms with Crippen LogP contribution >= 0.6 is 0 Å². The second kappa shape index (κ2) is 5.46. The molecular weight excluding hydrogens is 222 g/mol. The molecule has 0 aliphatic carbocycles. The standard InChI is InChI=1S/C12H19NO2S/c1-3-11(7-8-13)16(14,15)12-6-4-5-10(2)9-12/h4-6,9,11H,3,7-8,13H2,1-2H3. The van der Waals surface area contributed by atoms with Gasteiger partial charge in [-0.1, -0.05) is 19.1 Å². The minimum absolute atomic E-state index is 0.362. The molecule has 0 amide bonds. The lowest BCUT2D eigenvalue weighted by molar-refractivity contribution is 0.567. The van der Waals surface area contributed by atoms with Crippen molar-refractivity contribution in [1.29, 1.82) is 0 Å². The highest BCUT2D eigenvalue weighted by atomic mass is 32.2. The number of sulfone groups is 1. The van der Waals surface area contributed by atoms with E-state index in [1.54, 1.807) is 18.2 Å². The van der Waals surface area contributed by atoms with Crippen molar-refractivity contribution in [3.63, 3.8) is 0 Å². The third kappa shape index (κ3) is 2.83. The lowest BCUT2D eigenvalue weighted by atomic mass is 10.2. The van der Waals surface area contributed by atoms with Gasteiger partial charge in [0.05, 0.1) is 10.1 Å². The van der Waals surface area contributed by atoms with Gasteiger partial charge in [0.25, 0.3) is 0 Å². The van der Waals surface area contributed by atoms with Gasteiger partial charge in [-0.2, -0.15) is 0 Å². The topological polar surface area (TPSA) is 60.2 Å². The maximum Gasteiger partial charge on any atom is 0.181 e. The molecule has 1 aromatic rings.